The molecule has 1 N–H and O–H groups in total. The molecule has 1 unspecified atom stereocenters. The number of hydrogen-bond donors (Lipinski definition) is 1. The minimum Gasteiger partial charge on any atom is -0.394 e. The maximum Gasteiger partial charge on any atom is 0.241 e. The fraction of sp³-hybridized carbons (Fsp3) is 0.455. The number of anilines is 1. The summed E-state index contributed by atoms with van der Waals surface area (Å²) in [5.41, 5.74) is 0. The van der Waals surface area contributed by atoms with E-state index in [2.05, 4.69) is 19.9 Å². The summed E-state index contributed by atoms with van der Waals surface area (Å²) < 4.78 is 6.98. The number of halogens is 1. The number of ether oxygens (including phenoxy) is 1. The van der Waals surface area contributed by atoms with Crippen molar-refractivity contribution in [1.82, 2.24) is 24.5 Å². The van der Waals surface area contributed by atoms with Gasteiger partial charge in [0.25, 0.3) is 0 Å². The first-order valence-electron chi connectivity index (χ1n) is 6.13. The molecule has 0 aromatic carbocycles. The molecule has 9 heteroatoms. The molecule has 1 aliphatic rings. The van der Waals surface area contributed by atoms with Crippen LogP contribution in [0.4, 0.5) is 5.95 Å². The van der Waals surface area contributed by atoms with Gasteiger partial charge in [-0.1, -0.05) is 0 Å². The van der Waals surface area contributed by atoms with E-state index in [4.69, 9.17) is 16.3 Å². The fourth-order valence-electron chi connectivity index (χ4n) is 2.02. The number of nitrogens with zero attached hydrogens (tertiary/aromatic N) is 6. The normalized spacial score (nSPS) is 19.3. The van der Waals surface area contributed by atoms with E-state index in [1.165, 1.54) is 0 Å². The maximum atomic E-state index is 9.40. The van der Waals surface area contributed by atoms with Crippen LogP contribution in [-0.2, 0) is 4.74 Å². The van der Waals surface area contributed by atoms with Gasteiger partial charge in [0, 0.05) is 18.9 Å². The number of aliphatic hydroxyl groups is 1. The van der Waals surface area contributed by atoms with Crippen molar-refractivity contribution in [2.75, 3.05) is 31.3 Å². The number of rotatable bonds is 3. The van der Waals surface area contributed by atoms with Crippen LogP contribution < -0.4 is 4.90 Å². The predicted octanol–water partition coefficient (Wildman–Crippen LogP) is -0.0918. The van der Waals surface area contributed by atoms with Crippen molar-refractivity contribution in [2.45, 2.75) is 6.04 Å². The standard InChI is InChI=1S/C11H13ClN6O2/c12-9-14-10(17-2-1-13-7-17)16-11(15-9)18-3-4-20-6-8(18)5-19/h1-2,7-8,19H,3-6H2. The summed E-state index contributed by atoms with van der Waals surface area (Å²) in [5, 5.41) is 9.50. The predicted molar refractivity (Wildman–Crippen MR) is 71.0 cm³/mol. The molecule has 2 aromatic heterocycles. The van der Waals surface area contributed by atoms with E-state index >= 15 is 0 Å². The number of aliphatic hydroxyl groups excluding tert-OH is 1. The Kier molecular flexibility index (Phi) is 3.77. The molecule has 2 aromatic rings. The summed E-state index contributed by atoms with van der Waals surface area (Å²) in [4.78, 5) is 18.4. The zero-order valence-electron chi connectivity index (χ0n) is 10.6. The summed E-state index contributed by atoms with van der Waals surface area (Å²) in [5.74, 6) is 0.816. The first kappa shape index (κ1) is 13.2. The number of morpholine rings is 1. The molecule has 3 rings (SSSR count). The van der Waals surface area contributed by atoms with Crippen molar-refractivity contribution in [3.05, 3.63) is 24.0 Å². The Balaban J connectivity index is 1.96. The molecule has 0 amide bonds. The highest BCUT2D eigenvalue weighted by atomic mass is 35.5. The highest BCUT2D eigenvalue weighted by molar-refractivity contribution is 6.28. The summed E-state index contributed by atoms with van der Waals surface area (Å²) >= 11 is 5.96. The lowest BCUT2D eigenvalue weighted by molar-refractivity contribution is 0.0718. The van der Waals surface area contributed by atoms with Crippen LogP contribution in [0.3, 0.4) is 0 Å². The molecule has 0 saturated carbocycles. The van der Waals surface area contributed by atoms with Gasteiger partial charge < -0.3 is 14.7 Å². The zero-order chi connectivity index (χ0) is 13.9. The second-order valence-corrected chi connectivity index (χ2v) is 4.62. The summed E-state index contributed by atoms with van der Waals surface area (Å²) in [7, 11) is 0. The smallest absolute Gasteiger partial charge is 0.241 e. The summed E-state index contributed by atoms with van der Waals surface area (Å²) in [6.45, 7) is 1.54. The lowest BCUT2D eigenvalue weighted by atomic mass is 10.2. The van der Waals surface area contributed by atoms with Gasteiger partial charge in [0.15, 0.2) is 0 Å². The Morgan fingerprint density at radius 2 is 2.20 bits per heavy atom. The van der Waals surface area contributed by atoms with Crippen LogP contribution in [0.15, 0.2) is 18.7 Å². The van der Waals surface area contributed by atoms with Gasteiger partial charge in [-0.2, -0.15) is 15.0 Å². The molecule has 1 atom stereocenters. The Morgan fingerprint density at radius 3 is 2.95 bits per heavy atom. The van der Waals surface area contributed by atoms with Crippen LogP contribution in [0, 0.1) is 0 Å². The Labute approximate surface area is 120 Å². The van der Waals surface area contributed by atoms with Crippen molar-refractivity contribution >= 4 is 17.5 Å². The second-order valence-electron chi connectivity index (χ2n) is 4.28. The van der Waals surface area contributed by atoms with Crippen molar-refractivity contribution in [1.29, 1.82) is 0 Å². The molecule has 0 aliphatic carbocycles. The largest absolute Gasteiger partial charge is 0.394 e. The highest BCUT2D eigenvalue weighted by Crippen LogP contribution is 2.18. The second kappa shape index (κ2) is 5.70. The molecule has 8 nitrogen and oxygen atoms in total. The molecule has 0 bridgehead atoms. The third-order valence-corrected chi connectivity index (χ3v) is 3.18. The first-order chi connectivity index (χ1) is 9.78. The zero-order valence-corrected chi connectivity index (χ0v) is 11.3. The number of hydrogen-bond acceptors (Lipinski definition) is 7. The topological polar surface area (TPSA) is 89.2 Å². The van der Waals surface area contributed by atoms with Crippen LogP contribution >= 0.6 is 11.6 Å². The van der Waals surface area contributed by atoms with Crippen molar-refractivity contribution in [3.8, 4) is 5.95 Å². The van der Waals surface area contributed by atoms with E-state index in [0.29, 0.717) is 31.7 Å². The average molecular weight is 297 g/mol. The summed E-state index contributed by atoms with van der Waals surface area (Å²) in [6.07, 6.45) is 4.93. The third-order valence-electron chi connectivity index (χ3n) is 3.02. The van der Waals surface area contributed by atoms with Gasteiger partial charge in [-0.25, -0.2) is 4.98 Å². The van der Waals surface area contributed by atoms with Crippen molar-refractivity contribution in [2.24, 2.45) is 0 Å². The minimum absolute atomic E-state index is 0.0380. The van der Waals surface area contributed by atoms with Gasteiger partial charge >= 0.3 is 0 Å². The quantitative estimate of drug-likeness (QED) is 0.846. The van der Waals surface area contributed by atoms with Gasteiger partial charge in [0.1, 0.15) is 6.33 Å². The monoisotopic (exact) mass is 296 g/mol. The molecule has 1 aliphatic heterocycles. The van der Waals surface area contributed by atoms with E-state index in [1.807, 2.05) is 4.90 Å². The average Bonchev–Trinajstić information content (AvgIpc) is 3.01. The fourth-order valence-corrected chi connectivity index (χ4v) is 2.17. The molecular formula is C11H13ClN6O2. The van der Waals surface area contributed by atoms with Gasteiger partial charge in [0.05, 0.1) is 25.9 Å². The lowest BCUT2D eigenvalue weighted by Gasteiger charge is -2.34. The first-order valence-corrected chi connectivity index (χ1v) is 6.51. The highest BCUT2D eigenvalue weighted by Gasteiger charge is 2.25. The van der Waals surface area contributed by atoms with Gasteiger partial charge in [-0.3, -0.25) is 4.57 Å². The Morgan fingerprint density at radius 1 is 1.35 bits per heavy atom. The number of aromatic nitrogens is 5. The molecule has 3 heterocycles. The van der Waals surface area contributed by atoms with Crippen LogP contribution in [0.1, 0.15) is 0 Å². The van der Waals surface area contributed by atoms with E-state index in [9.17, 15) is 5.11 Å². The van der Waals surface area contributed by atoms with Gasteiger partial charge in [-0.15, -0.1) is 0 Å². The molecule has 0 spiro atoms. The molecule has 0 radical (unpaired) electrons. The van der Waals surface area contributed by atoms with Crippen LogP contribution in [0.5, 0.6) is 0 Å². The molecular weight excluding hydrogens is 284 g/mol. The summed E-state index contributed by atoms with van der Waals surface area (Å²) in [6, 6.07) is -0.183. The van der Waals surface area contributed by atoms with Gasteiger partial charge in [0.2, 0.25) is 17.2 Å². The maximum absolute atomic E-state index is 9.40. The van der Waals surface area contributed by atoms with Crippen molar-refractivity contribution in [3.63, 3.8) is 0 Å². The third kappa shape index (κ3) is 2.58. The molecule has 20 heavy (non-hydrogen) atoms. The van der Waals surface area contributed by atoms with Crippen LogP contribution in [0.2, 0.25) is 5.28 Å². The lowest BCUT2D eigenvalue weighted by Crippen LogP contribution is -2.48. The number of imidazole rings is 1. The molecule has 1 saturated heterocycles. The molecule has 106 valence electrons. The van der Waals surface area contributed by atoms with Crippen LogP contribution in [-0.4, -0.2) is 62.0 Å². The van der Waals surface area contributed by atoms with Crippen molar-refractivity contribution < 1.29 is 9.84 Å². The van der Waals surface area contributed by atoms with Gasteiger partial charge in [-0.05, 0) is 11.6 Å². The van der Waals surface area contributed by atoms with E-state index in [1.54, 1.807) is 23.3 Å². The Bertz CT molecular complexity index is 578. The Hall–Kier alpha value is -1.77. The van der Waals surface area contributed by atoms with E-state index < -0.39 is 0 Å². The van der Waals surface area contributed by atoms with E-state index in [0.717, 1.165) is 0 Å². The SMILES string of the molecule is OCC1COCCN1c1nc(Cl)nc(-n2ccnc2)n1. The molecule has 1 fully saturated rings. The van der Waals surface area contributed by atoms with Crippen LogP contribution in [0.25, 0.3) is 5.95 Å². The van der Waals surface area contributed by atoms with E-state index in [-0.39, 0.29) is 17.9 Å². The minimum atomic E-state index is -0.183.